The van der Waals surface area contributed by atoms with E-state index in [-0.39, 0.29) is 36.3 Å². The minimum atomic E-state index is -4.67. The average Bonchev–Trinajstić information content (AvgIpc) is 3.44. The van der Waals surface area contributed by atoms with Gasteiger partial charge in [0.05, 0.1) is 42.4 Å². The van der Waals surface area contributed by atoms with Crippen molar-refractivity contribution >= 4 is 40.3 Å². The van der Waals surface area contributed by atoms with Gasteiger partial charge in [-0.25, -0.2) is 14.8 Å². The third-order valence-electron chi connectivity index (χ3n) is 7.70. The molecule has 2 saturated heterocycles. The number of hydrogen-bond acceptors (Lipinski definition) is 9. The summed E-state index contributed by atoms with van der Waals surface area (Å²) in [4.78, 5) is 52.1. The van der Waals surface area contributed by atoms with E-state index in [1.807, 2.05) is 10.9 Å². The number of nitrogens with one attached hydrogen (secondary N) is 2. The Hall–Kier alpha value is -5.12. The number of anilines is 2. The molecule has 5 heterocycles. The van der Waals surface area contributed by atoms with Crippen LogP contribution in [0.2, 0.25) is 0 Å². The van der Waals surface area contributed by atoms with Gasteiger partial charge in [0.2, 0.25) is 5.91 Å². The van der Waals surface area contributed by atoms with Gasteiger partial charge in [-0.15, -0.1) is 0 Å². The van der Waals surface area contributed by atoms with Gasteiger partial charge in [0.15, 0.2) is 5.82 Å². The topological polar surface area (TPSA) is 147 Å². The van der Waals surface area contributed by atoms with Crippen LogP contribution in [0.3, 0.4) is 0 Å². The van der Waals surface area contributed by atoms with Crippen molar-refractivity contribution in [1.82, 2.24) is 34.9 Å². The first-order valence-electron chi connectivity index (χ1n) is 14.1. The van der Waals surface area contributed by atoms with Crippen molar-refractivity contribution in [3.8, 4) is 5.75 Å². The molecule has 2 aliphatic rings. The summed E-state index contributed by atoms with van der Waals surface area (Å²) in [6.07, 6.45) is 2.23. The first-order valence-corrected chi connectivity index (χ1v) is 14.1. The molecule has 234 valence electrons. The maximum atomic E-state index is 13.1. The molecule has 0 spiro atoms. The molecule has 2 N–H and O–H groups in total. The zero-order chi connectivity index (χ0) is 31.7. The number of rotatable bonds is 7. The summed E-state index contributed by atoms with van der Waals surface area (Å²) in [5, 5.41) is 10.3. The number of pyridine rings is 1. The molecule has 6 rings (SSSR count). The molecule has 0 bridgehead atoms. The lowest BCUT2D eigenvalue weighted by molar-refractivity contribution is -0.141. The Morgan fingerprint density at radius 1 is 1.11 bits per heavy atom. The molecule has 45 heavy (non-hydrogen) atoms. The standard InChI is InChI=1S/C29H28F3N9O4/c1-45-23-12-21-17(11-22(23)36-27(43)20-3-2-4-24(35-20)29(30,31)32)15-41(38-21)19-5-8-39(9-6-19)16-18-13-34-25(14-33-18)40-10-7-26(42)37-28(40)44/h2-4,11-15,19H,5-10,16H2,1H3,(H,36,43)(H,37,42,44). The number of carbonyl (C=O) groups excluding carboxylic acids is 3. The summed E-state index contributed by atoms with van der Waals surface area (Å²) in [6.45, 7) is 2.42. The number of halogens is 3. The summed E-state index contributed by atoms with van der Waals surface area (Å²) >= 11 is 0. The zero-order valence-electron chi connectivity index (χ0n) is 24.0. The van der Waals surface area contributed by atoms with Crippen LogP contribution in [0.5, 0.6) is 5.75 Å². The van der Waals surface area contributed by atoms with Crippen molar-refractivity contribution in [2.75, 3.05) is 37.0 Å². The molecule has 16 heteroatoms. The number of hydrogen-bond donors (Lipinski definition) is 2. The number of benzene rings is 1. The molecule has 2 fully saturated rings. The highest BCUT2D eigenvalue weighted by Crippen LogP contribution is 2.33. The second-order valence-corrected chi connectivity index (χ2v) is 10.7. The molecule has 13 nitrogen and oxygen atoms in total. The summed E-state index contributed by atoms with van der Waals surface area (Å²) in [5.41, 5.74) is 0.163. The minimum Gasteiger partial charge on any atom is -0.494 e. The molecule has 0 saturated carbocycles. The van der Waals surface area contributed by atoms with Gasteiger partial charge in [-0.1, -0.05) is 6.07 Å². The van der Waals surface area contributed by atoms with E-state index in [4.69, 9.17) is 9.84 Å². The highest BCUT2D eigenvalue weighted by atomic mass is 19.4. The number of methoxy groups -OCH3 is 1. The Labute approximate surface area is 254 Å². The third kappa shape index (κ3) is 6.55. The zero-order valence-corrected chi connectivity index (χ0v) is 24.0. The van der Waals surface area contributed by atoms with Gasteiger partial charge in [0, 0.05) is 50.2 Å². The molecule has 0 aliphatic carbocycles. The summed E-state index contributed by atoms with van der Waals surface area (Å²) in [6, 6.07) is 6.11. The van der Waals surface area contributed by atoms with Gasteiger partial charge < -0.3 is 10.1 Å². The van der Waals surface area contributed by atoms with E-state index in [1.54, 1.807) is 18.3 Å². The fraction of sp³-hybridized carbons (Fsp3) is 0.345. The SMILES string of the molecule is COc1cc2nn(C3CCN(Cc4cnc(N5CCC(=O)NC5=O)cn4)CC3)cc2cc1NC(=O)c1cccc(C(F)(F)F)n1. The number of likely N-dealkylation sites (tertiary alicyclic amines) is 1. The van der Waals surface area contributed by atoms with Gasteiger partial charge in [-0.3, -0.25) is 34.4 Å². The van der Waals surface area contributed by atoms with Crippen LogP contribution in [0, 0.1) is 0 Å². The first kappa shape index (κ1) is 29.9. The monoisotopic (exact) mass is 623 g/mol. The molecular weight excluding hydrogens is 595 g/mol. The summed E-state index contributed by atoms with van der Waals surface area (Å²) in [5.74, 6) is -0.411. The van der Waals surface area contributed by atoms with Crippen LogP contribution in [-0.2, 0) is 17.5 Å². The maximum absolute atomic E-state index is 13.1. The lowest BCUT2D eigenvalue weighted by Crippen LogP contribution is -2.50. The lowest BCUT2D eigenvalue weighted by Gasteiger charge is -2.31. The second-order valence-electron chi connectivity index (χ2n) is 10.7. The van der Waals surface area contributed by atoms with Gasteiger partial charge in [-0.05, 0) is 31.0 Å². The normalized spacial score (nSPS) is 16.6. The van der Waals surface area contributed by atoms with Crippen LogP contribution >= 0.6 is 0 Å². The van der Waals surface area contributed by atoms with E-state index < -0.39 is 23.8 Å². The smallest absolute Gasteiger partial charge is 0.433 e. The number of fused-ring (bicyclic) bond motifs is 1. The molecular formula is C29H28F3N9O4. The van der Waals surface area contributed by atoms with Crippen molar-refractivity contribution in [3.05, 3.63) is 66.0 Å². The Morgan fingerprint density at radius 2 is 1.91 bits per heavy atom. The highest BCUT2D eigenvalue weighted by molar-refractivity contribution is 6.05. The number of amides is 4. The van der Waals surface area contributed by atoms with Gasteiger partial charge in [0.25, 0.3) is 5.91 Å². The number of piperidine rings is 1. The Bertz CT molecular complexity index is 1750. The van der Waals surface area contributed by atoms with Crippen LogP contribution in [-0.4, -0.2) is 74.2 Å². The van der Waals surface area contributed by atoms with Gasteiger partial charge in [0.1, 0.15) is 17.1 Å². The van der Waals surface area contributed by atoms with Crippen LogP contribution in [0.15, 0.2) is 48.9 Å². The van der Waals surface area contributed by atoms with Crippen LogP contribution < -0.4 is 20.3 Å². The largest absolute Gasteiger partial charge is 0.494 e. The molecule has 0 unspecified atom stereocenters. The molecule has 3 aromatic heterocycles. The summed E-state index contributed by atoms with van der Waals surface area (Å²) < 4.78 is 46.5. The molecule has 1 aromatic carbocycles. The number of ether oxygens (including phenoxy) is 1. The van der Waals surface area contributed by atoms with Crippen molar-refractivity contribution in [3.63, 3.8) is 0 Å². The predicted octanol–water partition coefficient (Wildman–Crippen LogP) is 3.78. The number of aromatic nitrogens is 5. The fourth-order valence-corrected chi connectivity index (χ4v) is 5.35. The van der Waals surface area contributed by atoms with Gasteiger partial charge >= 0.3 is 12.2 Å². The number of imide groups is 1. The number of alkyl halides is 3. The van der Waals surface area contributed by atoms with E-state index in [0.717, 1.165) is 49.1 Å². The number of carbonyl (C=O) groups is 3. The molecule has 2 aliphatic heterocycles. The highest BCUT2D eigenvalue weighted by Gasteiger charge is 2.33. The minimum absolute atomic E-state index is 0.126. The van der Waals surface area contributed by atoms with Gasteiger partial charge in [-0.2, -0.15) is 18.3 Å². The quantitative estimate of drug-likeness (QED) is 0.314. The fourth-order valence-electron chi connectivity index (χ4n) is 5.35. The molecule has 0 radical (unpaired) electrons. The van der Waals surface area contributed by atoms with Crippen molar-refractivity contribution in [2.24, 2.45) is 0 Å². The van der Waals surface area contributed by atoms with Crippen molar-refractivity contribution < 1.29 is 32.3 Å². The molecule has 4 amide bonds. The van der Waals surface area contributed by atoms with E-state index in [1.165, 1.54) is 24.3 Å². The van der Waals surface area contributed by atoms with E-state index >= 15 is 0 Å². The van der Waals surface area contributed by atoms with Crippen LogP contribution in [0.1, 0.15) is 47.2 Å². The van der Waals surface area contributed by atoms with Crippen LogP contribution in [0.4, 0.5) is 29.5 Å². The molecule has 4 aromatic rings. The third-order valence-corrected chi connectivity index (χ3v) is 7.70. The maximum Gasteiger partial charge on any atom is 0.433 e. The van der Waals surface area contributed by atoms with E-state index in [2.05, 4.69) is 30.5 Å². The summed E-state index contributed by atoms with van der Waals surface area (Å²) in [7, 11) is 1.43. The van der Waals surface area contributed by atoms with Crippen LogP contribution in [0.25, 0.3) is 10.9 Å². The van der Waals surface area contributed by atoms with Crippen molar-refractivity contribution in [1.29, 1.82) is 0 Å². The Balaban J connectivity index is 1.08. The number of nitrogens with zero attached hydrogens (tertiary/aromatic N) is 7. The van der Waals surface area contributed by atoms with E-state index in [0.29, 0.717) is 23.6 Å². The predicted molar refractivity (Wildman–Crippen MR) is 155 cm³/mol. The molecule has 0 atom stereocenters. The van der Waals surface area contributed by atoms with Crippen molar-refractivity contribution in [2.45, 2.75) is 38.0 Å². The average molecular weight is 624 g/mol. The van der Waals surface area contributed by atoms with E-state index in [9.17, 15) is 27.6 Å². The lowest BCUT2D eigenvalue weighted by atomic mass is 10.1. The first-order chi connectivity index (χ1) is 21.6. The second kappa shape index (κ2) is 12.1. The Morgan fingerprint density at radius 3 is 2.60 bits per heavy atom. The number of urea groups is 1. The Kier molecular flexibility index (Phi) is 8.05.